The molecule has 3 aromatic carbocycles. The maximum atomic E-state index is 12.2. The molecule has 0 fully saturated rings. The second-order valence-electron chi connectivity index (χ2n) is 11.4. The monoisotopic (exact) mass is 603 g/mol. The maximum absolute atomic E-state index is 12.2. The van der Waals surface area contributed by atoms with Crippen molar-refractivity contribution in [2.45, 2.75) is 71.6 Å². The lowest BCUT2D eigenvalue weighted by Gasteiger charge is -2.26. The van der Waals surface area contributed by atoms with Crippen LogP contribution < -0.4 is 16.0 Å². The van der Waals surface area contributed by atoms with Crippen molar-refractivity contribution in [3.8, 4) is 0 Å². The standard InChI is InChI=1S/C35H45N3O6/c1-5-6-7-22-42-33(40)37-30-18-12-27(13-19-30)25-35(3,4)28-14-20-31(21-15-28)38-34(41)44-24-9-8-23-43-32(39)36-29-16-10-26(2)11-17-29/h10-21H,5-9,22-25H2,1-4H3,(H,36,39)(H,37,40)(H,38,41). The van der Waals surface area contributed by atoms with Crippen molar-refractivity contribution in [1.82, 2.24) is 0 Å². The SMILES string of the molecule is CCCCCOC(=O)Nc1ccc(CC(C)(C)c2ccc(NC(=O)OCCCCOC(=O)Nc3ccc(C)cc3)cc2)cc1. The summed E-state index contributed by atoms with van der Waals surface area (Å²) in [5.41, 5.74) is 5.23. The van der Waals surface area contributed by atoms with E-state index >= 15 is 0 Å². The van der Waals surface area contributed by atoms with Crippen LogP contribution in [0, 0.1) is 6.92 Å². The van der Waals surface area contributed by atoms with Gasteiger partial charge < -0.3 is 14.2 Å². The van der Waals surface area contributed by atoms with Gasteiger partial charge in [0.1, 0.15) is 0 Å². The number of benzene rings is 3. The summed E-state index contributed by atoms with van der Waals surface area (Å²) in [6.45, 7) is 9.29. The molecule has 3 amide bonds. The van der Waals surface area contributed by atoms with E-state index in [0.29, 0.717) is 36.5 Å². The Kier molecular flexibility index (Phi) is 13.6. The second-order valence-corrected chi connectivity index (χ2v) is 11.4. The van der Waals surface area contributed by atoms with Gasteiger partial charge in [0.05, 0.1) is 19.8 Å². The lowest BCUT2D eigenvalue weighted by molar-refractivity contribution is 0.143. The fourth-order valence-electron chi connectivity index (χ4n) is 4.47. The number of anilines is 3. The van der Waals surface area contributed by atoms with Gasteiger partial charge in [-0.1, -0.05) is 75.6 Å². The van der Waals surface area contributed by atoms with Crippen LogP contribution in [0.25, 0.3) is 0 Å². The van der Waals surface area contributed by atoms with Gasteiger partial charge in [0.2, 0.25) is 0 Å². The largest absolute Gasteiger partial charge is 0.449 e. The molecule has 0 aliphatic heterocycles. The van der Waals surface area contributed by atoms with Crippen molar-refractivity contribution < 1.29 is 28.6 Å². The highest BCUT2D eigenvalue weighted by molar-refractivity contribution is 5.85. The van der Waals surface area contributed by atoms with Crippen LogP contribution in [0.2, 0.25) is 0 Å². The van der Waals surface area contributed by atoms with Gasteiger partial charge >= 0.3 is 18.3 Å². The minimum Gasteiger partial charge on any atom is -0.449 e. The van der Waals surface area contributed by atoms with Crippen LogP contribution in [-0.4, -0.2) is 38.1 Å². The number of carbonyl (C=O) groups excluding carboxylic acids is 3. The van der Waals surface area contributed by atoms with Crippen LogP contribution in [0.5, 0.6) is 0 Å². The average Bonchev–Trinajstić information content (AvgIpc) is 2.99. The van der Waals surface area contributed by atoms with Gasteiger partial charge in [0, 0.05) is 17.1 Å². The number of nitrogens with one attached hydrogen (secondary N) is 3. The Bertz CT molecular complexity index is 1320. The van der Waals surface area contributed by atoms with Crippen LogP contribution in [0.15, 0.2) is 72.8 Å². The summed E-state index contributed by atoms with van der Waals surface area (Å²) in [6, 6.07) is 22.9. The van der Waals surface area contributed by atoms with E-state index < -0.39 is 18.3 Å². The van der Waals surface area contributed by atoms with E-state index in [1.807, 2.05) is 79.7 Å². The maximum Gasteiger partial charge on any atom is 0.411 e. The molecule has 0 atom stereocenters. The first-order valence-electron chi connectivity index (χ1n) is 15.2. The molecule has 9 heteroatoms. The van der Waals surface area contributed by atoms with E-state index in [2.05, 4.69) is 36.7 Å². The van der Waals surface area contributed by atoms with E-state index in [0.717, 1.165) is 42.4 Å². The Labute approximate surface area is 260 Å². The Hall–Kier alpha value is -4.53. The average molecular weight is 604 g/mol. The molecule has 236 valence electrons. The molecule has 0 unspecified atom stereocenters. The van der Waals surface area contributed by atoms with E-state index in [1.165, 1.54) is 0 Å². The van der Waals surface area contributed by atoms with Crippen molar-refractivity contribution >= 4 is 35.3 Å². The van der Waals surface area contributed by atoms with Gasteiger partial charge in [-0.25, -0.2) is 14.4 Å². The third-order valence-corrected chi connectivity index (χ3v) is 7.04. The Morgan fingerprint density at radius 3 is 1.41 bits per heavy atom. The fourth-order valence-corrected chi connectivity index (χ4v) is 4.47. The highest BCUT2D eigenvalue weighted by Crippen LogP contribution is 2.29. The number of hydrogen-bond donors (Lipinski definition) is 3. The van der Waals surface area contributed by atoms with Gasteiger partial charge in [0.15, 0.2) is 0 Å². The molecular weight excluding hydrogens is 558 g/mol. The molecule has 0 radical (unpaired) electrons. The first-order valence-corrected chi connectivity index (χ1v) is 15.2. The summed E-state index contributed by atoms with van der Waals surface area (Å²) in [5, 5.41) is 8.19. The first-order chi connectivity index (χ1) is 21.1. The molecule has 0 aliphatic rings. The molecule has 3 N–H and O–H groups in total. The summed E-state index contributed by atoms with van der Waals surface area (Å²) >= 11 is 0. The molecule has 0 spiro atoms. The van der Waals surface area contributed by atoms with Crippen LogP contribution >= 0.6 is 0 Å². The summed E-state index contributed by atoms with van der Waals surface area (Å²) in [7, 11) is 0. The molecule has 0 aliphatic carbocycles. The minimum absolute atomic E-state index is 0.161. The van der Waals surface area contributed by atoms with Gasteiger partial charge in [0.25, 0.3) is 0 Å². The van der Waals surface area contributed by atoms with Crippen LogP contribution in [-0.2, 0) is 26.0 Å². The van der Waals surface area contributed by atoms with Gasteiger partial charge in [-0.05, 0) is 85.5 Å². The molecule has 0 aromatic heterocycles. The van der Waals surface area contributed by atoms with Crippen LogP contribution in [0.1, 0.15) is 69.6 Å². The normalized spacial score (nSPS) is 10.9. The number of ether oxygens (including phenoxy) is 3. The molecule has 0 bridgehead atoms. The summed E-state index contributed by atoms with van der Waals surface area (Å²) in [6.07, 6.45) is 3.45. The highest BCUT2D eigenvalue weighted by Gasteiger charge is 2.21. The zero-order valence-corrected chi connectivity index (χ0v) is 26.2. The molecule has 9 nitrogen and oxygen atoms in total. The van der Waals surface area contributed by atoms with Gasteiger partial charge in [-0.15, -0.1) is 0 Å². The number of hydrogen-bond acceptors (Lipinski definition) is 6. The highest BCUT2D eigenvalue weighted by atomic mass is 16.6. The van der Waals surface area contributed by atoms with Crippen LogP contribution in [0.4, 0.5) is 31.4 Å². The Morgan fingerprint density at radius 1 is 0.591 bits per heavy atom. The summed E-state index contributed by atoms with van der Waals surface area (Å²) in [5.74, 6) is 0. The number of unbranched alkanes of at least 4 members (excludes halogenated alkanes) is 3. The topological polar surface area (TPSA) is 115 Å². The molecular formula is C35H45N3O6. The lowest BCUT2D eigenvalue weighted by atomic mass is 9.79. The van der Waals surface area contributed by atoms with E-state index in [-0.39, 0.29) is 18.6 Å². The smallest absolute Gasteiger partial charge is 0.411 e. The van der Waals surface area contributed by atoms with Gasteiger partial charge in [-0.2, -0.15) is 0 Å². The predicted molar refractivity (Wildman–Crippen MR) is 174 cm³/mol. The molecule has 44 heavy (non-hydrogen) atoms. The number of rotatable bonds is 15. The van der Waals surface area contributed by atoms with Crippen molar-refractivity contribution in [2.24, 2.45) is 0 Å². The number of carbonyl (C=O) groups is 3. The lowest BCUT2D eigenvalue weighted by Crippen LogP contribution is -2.21. The van der Waals surface area contributed by atoms with E-state index in [1.54, 1.807) is 0 Å². The Morgan fingerprint density at radius 2 is 0.977 bits per heavy atom. The first kappa shape index (κ1) is 34.0. The molecule has 0 saturated heterocycles. The molecule has 0 heterocycles. The minimum atomic E-state index is -0.534. The third-order valence-electron chi connectivity index (χ3n) is 7.04. The summed E-state index contributed by atoms with van der Waals surface area (Å²) in [4.78, 5) is 36.0. The molecule has 3 aromatic rings. The quantitative estimate of drug-likeness (QED) is 0.118. The number of aryl methyl sites for hydroxylation is 1. The fraction of sp³-hybridized carbons (Fsp3) is 0.400. The zero-order valence-electron chi connectivity index (χ0n) is 26.2. The zero-order chi connectivity index (χ0) is 31.8. The Balaban J connectivity index is 1.34. The summed E-state index contributed by atoms with van der Waals surface area (Å²) < 4.78 is 15.6. The van der Waals surface area contributed by atoms with Crippen molar-refractivity contribution in [3.63, 3.8) is 0 Å². The van der Waals surface area contributed by atoms with E-state index in [4.69, 9.17) is 14.2 Å². The number of amides is 3. The van der Waals surface area contributed by atoms with Crippen molar-refractivity contribution in [1.29, 1.82) is 0 Å². The molecule has 0 saturated carbocycles. The van der Waals surface area contributed by atoms with Gasteiger partial charge in [-0.3, -0.25) is 16.0 Å². The van der Waals surface area contributed by atoms with Crippen molar-refractivity contribution in [2.75, 3.05) is 35.8 Å². The third kappa shape index (κ3) is 12.4. The second kappa shape index (κ2) is 17.6. The van der Waals surface area contributed by atoms with E-state index in [9.17, 15) is 14.4 Å². The molecule has 3 rings (SSSR count). The predicted octanol–water partition coefficient (Wildman–Crippen LogP) is 8.83. The van der Waals surface area contributed by atoms with Crippen molar-refractivity contribution in [3.05, 3.63) is 89.5 Å². The van der Waals surface area contributed by atoms with Crippen LogP contribution in [0.3, 0.4) is 0 Å².